The summed E-state index contributed by atoms with van der Waals surface area (Å²) in [5, 5.41) is 3.91. The summed E-state index contributed by atoms with van der Waals surface area (Å²) in [5.74, 6) is 0.151. The summed E-state index contributed by atoms with van der Waals surface area (Å²) in [6.07, 6.45) is 2.77. The first-order chi connectivity index (χ1) is 9.14. The van der Waals surface area contributed by atoms with Crippen molar-refractivity contribution in [1.82, 2.24) is 10.1 Å². The Morgan fingerprint density at radius 2 is 2.21 bits per heavy atom. The molecule has 1 aromatic carbocycles. The van der Waals surface area contributed by atoms with Gasteiger partial charge in [0.1, 0.15) is 11.4 Å². The zero-order chi connectivity index (χ0) is 13.5. The number of benzene rings is 1. The van der Waals surface area contributed by atoms with Crippen LogP contribution >= 0.6 is 0 Å². The van der Waals surface area contributed by atoms with Crippen molar-refractivity contribution in [2.24, 2.45) is 0 Å². The van der Waals surface area contributed by atoms with Gasteiger partial charge in [0, 0.05) is 12.8 Å². The van der Waals surface area contributed by atoms with Crippen LogP contribution < -0.4 is 5.73 Å². The van der Waals surface area contributed by atoms with Crippen LogP contribution in [-0.4, -0.2) is 17.3 Å². The molecule has 1 saturated carbocycles. The second-order valence-corrected chi connectivity index (χ2v) is 4.71. The van der Waals surface area contributed by atoms with Gasteiger partial charge in [-0.05, 0) is 37.5 Å². The van der Waals surface area contributed by atoms with Gasteiger partial charge in [-0.15, -0.1) is 0 Å². The molecule has 19 heavy (non-hydrogen) atoms. The van der Waals surface area contributed by atoms with Crippen molar-refractivity contribution in [3.05, 3.63) is 29.8 Å². The van der Waals surface area contributed by atoms with Crippen LogP contribution in [0.2, 0.25) is 0 Å². The van der Waals surface area contributed by atoms with E-state index in [1.807, 2.05) is 0 Å². The number of anilines is 1. The van der Waals surface area contributed by atoms with E-state index in [2.05, 4.69) is 10.1 Å². The van der Waals surface area contributed by atoms with Gasteiger partial charge in [-0.2, -0.15) is 4.98 Å². The molecule has 0 unspecified atom stereocenters. The van der Waals surface area contributed by atoms with Gasteiger partial charge in [-0.1, -0.05) is 5.16 Å². The van der Waals surface area contributed by atoms with E-state index in [4.69, 9.17) is 15.0 Å². The van der Waals surface area contributed by atoms with Gasteiger partial charge in [-0.25, -0.2) is 4.39 Å². The van der Waals surface area contributed by atoms with Gasteiger partial charge in [0.15, 0.2) is 0 Å². The van der Waals surface area contributed by atoms with Gasteiger partial charge < -0.3 is 15.0 Å². The van der Waals surface area contributed by atoms with Crippen LogP contribution in [0.5, 0.6) is 0 Å². The average molecular weight is 263 g/mol. The molecule has 1 aliphatic rings. The van der Waals surface area contributed by atoms with E-state index >= 15 is 0 Å². The fourth-order valence-electron chi connectivity index (χ4n) is 2.24. The number of hydrogen-bond donors (Lipinski definition) is 1. The SMILES string of the molecule is COC1(c2noc(-c3ccc(N)cc3F)n2)CCC1. The zero-order valence-corrected chi connectivity index (χ0v) is 10.5. The maximum absolute atomic E-state index is 13.8. The average Bonchev–Trinajstić information content (AvgIpc) is 2.78. The molecular formula is C13H14FN3O2. The number of nitrogens with zero attached hydrogens (tertiary/aromatic N) is 2. The van der Waals surface area contributed by atoms with Crippen molar-refractivity contribution < 1.29 is 13.7 Å². The maximum Gasteiger partial charge on any atom is 0.261 e. The van der Waals surface area contributed by atoms with Crippen molar-refractivity contribution in [1.29, 1.82) is 0 Å². The molecule has 2 aromatic rings. The van der Waals surface area contributed by atoms with Crippen molar-refractivity contribution in [2.75, 3.05) is 12.8 Å². The molecule has 2 N–H and O–H groups in total. The van der Waals surface area contributed by atoms with E-state index in [-0.39, 0.29) is 11.5 Å². The number of nitrogens with two attached hydrogens (primary N) is 1. The Kier molecular flexibility index (Phi) is 2.74. The van der Waals surface area contributed by atoms with Crippen LogP contribution in [0, 0.1) is 5.82 Å². The van der Waals surface area contributed by atoms with E-state index in [1.165, 1.54) is 12.1 Å². The third-order valence-electron chi connectivity index (χ3n) is 3.61. The molecule has 0 atom stereocenters. The van der Waals surface area contributed by atoms with Crippen LogP contribution in [0.4, 0.5) is 10.1 Å². The molecule has 0 saturated heterocycles. The monoisotopic (exact) mass is 263 g/mol. The van der Waals surface area contributed by atoms with Crippen LogP contribution in [0.3, 0.4) is 0 Å². The molecule has 0 amide bonds. The Morgan fingerprint density at radius 3 is 2.79 bits per heavy atom. The van der Waals surface area contributed by atoms with Crippen molar-refractivity contribution >= 4 is 5.69 Å². The van der Waals surface area contributed by atoms with Gasteiger partial charge in [-0.3, -0.25) is 0 Å². The van der Waals surface area contributed by atoms with E-state index < -0.39 is 11.4 Å². The van der Waals surface area contributed by atoms with E-state index in [9.17, 15) is 4.39 Å². The minimum atomic E-state index is -0.477. The summed E-state index contributed by atoms with van der Waals surface area (Å²) in [4.78, 5) is 4.25. The first-order valence-corrected chi connectivity index (χ1v) is 6.09. The lowest BCUT2D eigenvalue weighted by Crippen LogP contribution is -2.37. The van der Waals surface area contributed by atoms with Crippen LogP contribution in [0.25, 0.3) is 11.5 Å². The van der Waals surface area contributed by atoms with Crippen molar-refractivity contribution in [2.45, 2.75) is 24.9 Å². The van der Waals surface area contributed by atoms with E-state index in [0.29, 0.717) is 11.5 Å². The Morgan fingerprint density at radius 1 is 1.42 bits per heavy atom. The second-order valence-electron chi connectivity index (χ2n) is 4.71. The zero-order valence-electron chi connectivity index (χ0n) is 10.5. The lowest BCUT2D eigenvalue weighted by Gasteiger charge is -2.37. The van der Waals surface area contributed by atoms with Gasteiger partial charge in [0.2, 0.25) is 5.82 Å². The molecule has 0 aliphatic heterocycles. The number of halogens is 1. The standard InChI is InChI=1S/C13H14FN3O2/c1-18-13(5-2-6-13)12-16-11(19-17-12)9-4-3-8(15)7-10(9)14/h3-4,7H,2,5-6,15H2,1H3. The highest BCUT2D eigenvalue weighted by atomic mass is 19.1. The highest BCUT2D eigenvalue weighted by Crippen LogP contribution is 2.43. The van der Waals surface area contributed by atoms with Gasteiger partial charge in [0.05, 0.1) is 5.56 Å². The minimum absolute atomic E-state index is 0.149. The van der Waals surface area contributed by atoms with Crippen molar-refractivity contribution in [3.8, 4) is 11.5 Å². The topological polar surface area (TPSA) is 74.2 Å². The summed E-state index contributed by atoms with van der Waals surface area (Å²) in [5.41, 5.74) is 5.64. The highest BCUT2D eigenvalue weighted by molar-refractivity contribution is 5.58. The Labute approximate surface area is 109 Å². The Hall–Kier alpha value is -1.95. The number of nitrogen functional groups attached to an aromatic ring is 1. The summed E-state index contributed by atoms with van der Waals surface area (Å²) in [7, 11) is 1.62. The number of rotatable bonds is 3. The molecule has 0 bridgehead atoms. The predicted molar refractivity (Wildman–Crippen MR) is 66.6 cm³/mol. The normalized spacial score (nSPS) is 17.2. The first kappa shape index (κ1) is 12.1. The smallest absolute Gasteiger partial charge is 0.261 e. The summed E-state index contributed by atoms with van der Waals surface area (Å²) < 4.78 is 24.4. The van der Waals surface area contributed by atoms with E-state index in [1.54, 1.807) is 13.2 Å². The van der Waals surface area contributed by atoms with Crippen LogP contribution in [0.15, 0.2) is 22.7 Å². The summed E-state index contributed by atoms with van der Waals surface area (Å²) in [6.45, 7) is 0. The highest BCUT2D eigenvalue weighted by Gasteiger charge is 2.43. The molecule has 1 fully saturated rings. The summed E-state index contributed by atoms with van der Waals surface area (Å²) in [6, 6.07) is 4.36. The summed E-state index contributed by atoms with van der Waals surface area (Å²) >= 11 is 0. The number of aromatic nitrogens is 2. The molecule has 6 heteroatoms. The van der Waals surface area contributed by atoms with Gasteiger partial charge >= 0.3 is 0 Å². The number of methoxy groups -OCH3 is 1. The first-order valence-electron chi connectivity index (χ1n) is 6.09. The molecule has 100 valence electrons. The fraction of sp³-hybridized carbons (Fsp3) is 0.385. The molecule has 1 aliphatic carbocycles. The molecule has 0 spiro atoms. The quantitative estimate of drug-likeness (QED) is 0.861. The van der Waals surface area contributed by atoms with Crippen molar-refractivity contribution in [3.63, 3.8) is 0 Å². The second kappa shape index (κ2) is 4.31. The third kappa shape index (κ3) is 1.88. The molecule has 5 nitrogen and oxygen atoms in total. The molecule has 1 heterocycles. The van der Waals surface area contributed by atoms with E-state index in [0.717, 1.165) is 19.3 Å². The molecule has 0 radical (unpaired) electrons. The third-order valence-corrected chi connectivity index (χ3v) is 3.61. The van der Waals surface area contributed by atoms with Crippen LogP contribution in [0.1, 0.15) is 25.1 Å². The molecule has 3 rings (SSSR count). The Balaban J connectivity index is 1.97. The number of hydrogen-bond acceptors (Lipinski definition) is 5. The lowest BCUT2D eigenvalue weighted by molar-refractivity contribution is -0.0858. The minimum Gasteiger partial charge on any atom is -0.399 e. The van der Waals surface area contributed by atoms with Crippen LogP contribution in [-0.2, 0) is 10.3 Å². The maximum atomic E-state index is 13.8. The molecule has 1 aromatic heterocycles. The number of ether oxygens (including phenoxy) is 1. The fourth-order valence-corrected chi connectivity index (χ4v) is 2.24. The lowest BCUT2D eigenvalue weighted by atomic mass is 9.79. The largest absolute Gasteiger partial charge is 0.399 e. The van der Waals surface area contributed by atoms with Gasteiger partial charge in [0.25, 0.3) is 5.89 Å². The Bertz CT molecular complexity index is 602. The molecular weight excluding hydrogens is 249 g/mol. The predicted octanol–water partition coefficient (Wildman–Crippen LogP) is 2.48.